The summed E-state index contributed by atoms with van der Waals surface area (Å²) in [5.41, 5.74) is 0. The Hall–Kier alpha value is -0.171. The molecule has 1 aromatic carbocycles. The Kier molecular flexibility index (Phi) is 11.0. The maximum Gasteiger partial charge on any atom is 2.00 e. The van der Waals surface area contributed by atoms with Gasteiger partial charge in [0.25, 0.3) is 0 Å². The first-order valence-corrected chi connectivity index (χ1v) is 2.88. The van der Waals surface area contributed by atoms with E-state index in [1.165, 1.54) is 0 Å². The van der Waals surface area contributed by atoms with Gasteiger partial charge in [0.2, 0.25) is 0 Å². The zero-order chi connectivity index (χ0) is 7.11. The molecule has 58 valence electrons. The van der Waals surface area contributed by atoms with Gasteiger partial charge >= 0.3 is 17.1 Å². The van der Waals surface area contributed by atoms with Gasteiger partial charge in [-0.15, -0.1) is 0 Å². The van der Waals surface area contributed by atoms with Crippen LogP contribution < -0.4 is 0 Å². The van der Waals surface area contributed by atoms with Crippen LogP contribution in [-0.2, 0) is 17.1 Å². The van der Waals surface area contributed by atoms with E-state index >= 15 is 0 Å². The average molecular weight is 179 g/mol. The van der Waals surface area contributed by atoms with Gasteiger partial charge in [0.05, 0.1) is 0 Å². The van der Waals surface area contributed by atoms with Crippen LogP contribution in [0.25, 0.3) is 0 Å². The first kappa shape index (κ1) is 12.5. The second kappa shape index (κ2) is 8.83. The van der Waals surface area contributed by atoms with E-state index in [1.807, 2.05) is 44.4 Å². The minimum atomic E-state index is 0. The van der Waals surface area contributed by atoms with Gasteiger partial charge in [-0.3, -0.25) is 7.05 Å². The van der Waals surface area contributed by atoms with Crippen molar-refractivity contribution >= 4 is 0 Å². The van der Waals surface area contributed by atoms with Crippen molar-refractivity contribution in [3.8, 4) is 0 Å². The molecule has 0 unspecified atom stereocenters. The Labute approximate surface area is 73.9 Å². The fourth-order valence-corrected chi connectivity index (χ4v) is 0.321. The van der Waals surface area contributed by atoms with Crippen molar-refractivity contribution in [1.29, 1.82) is 0 Å². The maximum absolute atomic E-state index is 3.47. The number of hydrogen-bond donors (Lipinski definition) is 0. The topological polar surface area (TPSA) is 3.24 Å². The molecule has 0 spiro atoms. The predicted octanol–water partition coefficient (Wildman–Crippen LogP) is 1.74. The molecule has 1 rings (SSSR count). The summed E-state index contributed by atoms with van der Waals surface area (Å²) in [5.74, 6) is 0. The van der Waals surface area contributed by atoms with Crippen LogP contribution >= 0.6 is 0 Å². The molecular formula is C8H13FeN. The van der Waals surface area contributed by atoms with E-state index in [-0.39, 0.29) is 17.1 Å². The Balaban J connectivity index is 0. The summed E-state index contributed by atoms with van der Waals surface area (Å²) >= 11 is 0. The van der Waals surface area contributed by atoms with E-state index < -0.39 is 0 Å². The minimum Gasteiger partial charge on any atom is -0.464 e. The third kappa shape index (κ3) is 15.7. The number of nitrogens with zero attached hydrogens (tertiary/aromatic N) is 1. The Morgan fingerprint density at radius 3 is 1.60 bits per heavy atom. The molecule has 10 heavy (non-hydrogen) atoms. The van der Waals surface area contributed by atoms with Crippen molar-refractivity contribution in [3.63, 3.8) is 0 Å². The normalized spacial score (nSPS) is 7.60. The summed E-state index contributed by atoms with van der Waals surface area (Å²) in [6, 6.07) is 10.0. The number of rotatable bonds is 0. The summed E-state index contributed by atoms with van der Waals surface area (Å²) < 4.78 is 0. The summed E-state index contributed by atoms with van der Waals surface area (Å²) in [5, 5.41) is 0. The van der Waals surface area contributed by atoms with Crippen molar-refractivity contribution < 1.29 is 17.1 Å². The van der Waals surface area contributed by atoms with E-state index in [0.29, 0.717) is 0 Å². The summed E-state index contributed by atoms with van der Waals surface area (Å²) in [6.45, 7) is 0. The van der Waals surface area contributed by atoms with Crippen LogP contribution in [0.2, 0.25) is 0 Å². The average Bonchev–Trinajstić information content (AvgIpc) is 2.11. The second-order valence-electron chi connectivity index (χ2n) is 2.04. The fraction of sp³-hybridized carbons (Fsp3) is 0.250. The van der Waals surface area contributed by atoms with Gasteiger partial charge in [-0.25, -0.2) is 12.1 Å². The van der Waals surface area contributed by atoms with Crippen LogP contribution in [0, 0.1) is 7.05 Å². The van der Waals surface area contributed by atoms with E-state index in [2.05, 4.69) is 7.05 Å². The summed E-state index contributed by atoms with van der Waals surface area (Å²) in [4.78, 5) is 1.75. The Bertz CT molecular complexity index is 92.8. The van der Waals surface area contributed by atoms with Gasteiger partial charge < -0.3 is 4.90 Å². The third-order valence-electron chi connectivity index (χ3n) is 0.556. The van der Waals surface area contributed by atoms with Crippen molar-refractivity contribution in [2.75, 3.05) is 14.1 Å². The van der Waals surface area contributed by atoms with Crippen LogP contribution in [0.5, 0.6) is 0 Å². The van der Waals surface area contributed by atoms with E-state index in [1.54, 1.807) is 4.90 Å². The minimum absolute atomic E-state index is 0. The molecule has 2 heteroatoms. The molecule has 0 heterocycles. The maximum atomic E-state index is 3.47. The zero-order valence-corrected chi connectivity index (χ0v) is 7.50. The molecule has 0 saturated heterocycles. The largest absolute Gasteiger partial charge is 2.00 e. The molecular weight excluding hydrogens is 166 g/mol. The Morgan fingerprint density at radius 1 is 1.20 bits per heavy atom. The molecule has 0 radical (unpaired) electrons. The first-order chi connectivity index (χ1) is 4.23. The smallest absolute Gasteiger partial charge is 0.464 e. The fourth-order valence-electron chi connectivity index (χ4n) is 0.321. The van der Waals surface area contributed by atoms with Crippen LogP contribution in [0.4, 0.5) is 0 Å². The van der Waals surface area contributed by atoms with Crippen LogP contribution in [0.3, 0.4) is 0 Å². The van der Waals surface area contributed by atoms with Crippen molar-refractivity contribution in [2.45, 2.75) is 0 Å². The molecule has 0 bridgehead atoms. The second-order valence-corrected chi connectivity index (χ2v) is 2.04. The summed E-state index contributed by atoms with van der Waals surface area (Å²) in [6.07, 6.45) is 0. The molecule has 0 N–H and O–H groups in total. The quantitative estimate of drug-likeness (QED) is 0.433. The van der Waals surface area contributed by atoms with E-state index in [9.17, 15) is 0 Å². The molecule has 0 atom stereocenters. The first-order valence-electron chi connectivity index (χ1n) is 2.88. The number of hydrogen-bond acceptors (Lipinski definition) is 1. The van der Waals surface area contributed by atoms with Gasteiger partial charge in [0.1, 0.15) is 0 Å². The van der Waals surface area contributed by atoms with Gasteiger partial charge in [-0.2, -0.15) is 18.2 Å². The molecule has 0 aliphatic carbocycles. The third-order valence-corrected chi connectivity index (χ3v) is 0.556. The van der Waals surface area contributed by atoms with Gasteiger partial charge in [0.15, 0.2) is 0 Å². The zero-order valence-electron chi connectivity index (χ0n) is 6.39. The molecule has 1 nitrogen and oxygen atoms in total. The van der Waals surface area contributed by atoms with E-state index in [4.69, 9.17) is 0 Å². The van der Waals surface area contributed by atoms with Crippen molar-refractivity contribution in [1.82, 2.24) is 4.90 Å². The molecule has 0 aliphatic rings. The summed E-state index contributed by atoms with van der Waals surface area (Å²) in [7, 11) is 7.25. The molecule has 0 aromatic heterocycles. The van der Waals surface area contributed by atoms with Crippen molar-refractivity contribution in [2.24, 2.45) is 0 Å². The monoisotopic (exact) mass is 179 g/mol. The van der Waals surface area contributed by atoms with Crippen LogP contribution in [-0.4, -0.2) is 19.0 Å². The van der Waals surface area contributed by atoms with Crippen molar-refractivity contribution in [3.05, 3.63) is 37.4 Å². The van der Waals surface area contributed by atoms with Gasteiger partial charge in [-0.05, 0) is 14.1 Å². The van der Waals surface area contributed by atoms with E-state index in [0.717, 1.165) is 0 Å². The van der Waals surface area contributed by atoms with Crippen LogP contribution in [0.1, 0.15) is 0 Å². The SMILES string of the molecule is [CH2-]N(C)C.[Fe+2].c1cc[cH-]c1. The van der Waals surface area contributed by atoms with Gasteiger partial charge in [-0.1, -0.05) is 0 Å². The van der Waals surface area contributed by atoms with Crippen LogP contribution in [0.15, 0.2) is 30.3 Å². The standard InChI is InChI=1S/C5H5.C3H8N.Fe/c1-2-4-5-3-1;1-4(2)3;/h1-5H;1H2,2-3H3;/q2*-1;+2. The van der Waals surface area contributed by atoms with Gasteiger partial charge in [0, 0.05) is 0 Å². The molecule has 0 saturated carbocycles. The molecule has 0 fully saturated rings. The molecule has 0 amide bonds. The molecule has 1 aromatic rings. The molecule has 0 aliphatic heterocycles. The Morgan fingerprint density at radius 2 is 1.50 bits per heavy atom. The predicted molar refractivity (Wildman–Crippen MR) is 41.1 cm³/mol.